The minimum Gasteiger partial charge on any atom is -0.392 e. The van der Waals surface area contributed by atoms with E-state index >= 15 is 0 Å². The maximum absolute atomic E-state index is 12.3. The standard InChI is InChI=1S/C15H23ClN2O3S/c1-13(19)12-18-8-6-17(7-9-18)10-11-22(20,21)15-4-2-14(16)3-5-15/h2-5,13,19H,6-12H2,1H3/t13-/m0/s1. The van der Waals surface area contributed by atoms with Crippen molar-refractivity contribution in [1.82, 2.24) is 9.80 Å². The molecule has 0 aromatic heterocycles. The Kier molecular flexibility index (Phi) is 6.23. The first-order chi connectivity index (χ1) is 10.4. The molecule has 0 saturated carbocycles. The van der Waals surface area contributed by atoms with E-state index in [0.29, 0.717) is 23.0 Å². The molecule has 1 aromatic rings. The monoisotopic (exact) mass is 346 g/mol. The van der Waals surface area contributed by atoms with Crippen LogP contribution in [0.1, 0.15) is 6.92 Å². The van der Waals surface area contributed by atoms with Crippen molar-refractivity contribution in [2.75, 3.05) is 45.0 Å². The number of piperazine rings is 1. The first kappa shape index (κ1) is 17.7. The van der Waals surface area contributed by atoms with Gasteiger partial charge in [-0.15, -0.1) is 0 Å². The summed E-state index contributed by atoms with van der Waals surface area (Å²) < 4.78 is 24.6. The molecule has 7 heteroatoms. The number of rotatable bonds is 6. The van der Waals surface area contributed by atoms with E-state index in [1.165, 1.54) is 0 Å². The number of benzene rings is 1. The van der Waals surface area contributed by atoms with Crippen LogP contribution < -0.4 is 0 Å². The molecule has 0 bridgehead atoms. The molecule has 5 nitrogen and oxygen atoms in total. The van der Waals surface area contributed by atoms with Crippen molar-refractivity contribution >= 4 is 21.4 Å². The highest BCUT2D eigenvalue weighted by Crippen LogP contribution is 2.15. The smallest absolute Gasteiger partial charge is 0.179 e. The molecule has 1 aromatic carbocycles. The number of aliphatic hydroxyl groups excluding tert-OH is 1. The van der Waals surface area contributed by atoms with Crippen molar-refractivity contribution in [3.8, 4) is 0 Å². The molecule has 0 radical (unpaired) electrons. The Balaban J connectivity index is 1.82. The van der Waals surface area contributed by atoms with Gasteiger partial charge in [0.2, 0.25) is 0 Å². The number of aliphatic hydroxyl groups is 1. The molecule has 22 heavy (non-hydrogen) atoms. The van der Waals surface area contributed by atoms with Crippen molar-refractivity contribution in [1.29, 1.82) is 0 Å². The Hall–Kier alpha value is -0.660. The van der Waals surface area contributed by atoms with Gasteiger partial charge >= 0.3 is 0 Å². The predicted octanol–water partition coefficient (Wildman–Crippen LogP) is 1.11. The Bertz CT molecular complexity index is 567. The number of sulfone groups is 1. The molecule has 124 valence electrons. The van der Waals surface area contributed by atoms with Crippen LogP contribution in [0.25, 0.3) is 0 Å². The van der Waals surface area contributed by atoms with Gasteiger partial charge < -0.3 is 5.11 Å². The molecule has 0 aliphatic carbocycles. The molecule has 1 heterocycles. The predicted molar refractivity (Wildman–Crippen MR) is 88.1 cm³/mol. The zero-order valence-corrected chi connectivity index (χ0v) is 14.4. The van der Waals surface area contributed by atoms with Gasteiger partial charge in [0.25, 0.3) is 0 Å². The first-order valence-electron chi connectivity index (χ1n) is 7.48. The van der Waals surface area contributed by atoms with Gasteiger partial charge in [0, 0.05) is 44.3 Å². The van der Waals surface area contributed by atoms with Crippen molar-refractivity contribution < 1.29 is 13.5 Å². The van der Waals surface area contributed by atoms with Gasteiger partial charge in [0.1, 0.15) is 0 Å². The topological polar surface area (TPSA) is 60.9 Å². The average Bonchev–Trinajstić information content (AvgIpc) is 2.46. The van der Waals surface area contributed by atoms with Gasteiger partial charge in [-0.1, -0.05) is 11.6 Å². The van der Waals surface area contributed by atoms with Crippen LogP contribution in [0.4, 0.5) is 0 Å². The van der Waals surface area contributed by atoms with Crippen molar-refractivity contribution in [2.45, 2.75) is 17.9 Å². The van der Waals surface area contributed by atoms with E-state index in [1.54, 1.807) is 31.2 Å². The second-order valence-corrected chi connectivity index (χ2v) is 8.31. The second-order valence-electron chi connectivity index (χ2n) is 5.76. The van der Waals surface area contributed by atoms with Gasteiger partial charge in [-0.25, -0.2) is 8.42 Å². The summed E-state index contributed by atoms with van der Waals surface area (Å²) in [5, 5.41) is 9.92. The third kappa shape index (κ3) is 5.21. The molecule has 0 amide bonds. The van der Waals surface area contributed by atoms with Gasteiger partial charge in [-0.05, 0) is 31.2 Å². The van der Waals surface area contributed by atoms with Crippen LogP contribution >= 0.6 is 11.6 Å². The normalized spacial score (nSPS) is 19.2. The lowest BCUT2D eigenvalue weighted by Gasteiger charge is -2.35. The van der Waals surface area contributed by atoms with E-state index in [1.807, 2.05) is 0 Å². The van der Waals surface area contributed by atoms with Crippen LogP contribution in [0.15, 0.2) is 29.2 Å². The largest absolute Gasteiger partial charge is 0.392 e. The molecule has 1 fully saturated rings. The lowest BCUT2D eigenvalue weighted by Crippen LogP contribution is -2.49. The summed E-state index contributed by atoms with van der Waals surface area (Å²) in [5.74, 6) is 0.116. The molecule has 1 N–H and O–H groups in total. The second kappa shape index (κ2) is 7.75. The number of halogens is 1. The fraction of sp³-hybridized carbons (Fsp3) is 0.600. The Morgan fingerprint density at radius 1 is 1.14 bits per heavy atom. The van der Waals surface area contributed by atoms with E-state index in [0.717, 1.165) is 26.2 Å². The third-order valence-corrected chi connectivity index (χ3v) is 5.80. The summed E-state index contributed by atoms with van der Waals surface area (Å²) in [4.78, 5) is 4.69. The molecule has 1 aliphatic rings. The lowest BCUT2D eigenvalue weighted by molar-refractivity contribution is 0.0832. The summed E-state index contributed by atoms with van der Waals surface area (Å²) in [5.41, 5.74) is 0. The fourth-order valence-corrected chi connectivity index (χ4v) is 3.99. The molecule has 0 unspecified atom stereocenters. The van der Waals surface area contributed by atoms with Gasteiger partial charge in [0.05, 0.1) is 16.8 Å². The van der Waals surface area contributed by atoms with E-state index in [4.69, 9.17) is 11.6 Å². The maximum atomic E-state index is 12.3. The van der Waals surface area contributed by atoms with Crippen molar-refractivity contribution in [3.63, 3.8) is 0 Å². The highest BCUT2D eigenvalue weighted by atomic mass is 35.5. The van der Waals surface area contributed by atoms with Crippen molar-refractivity contribution in [2.24, 2.45) is 0 Å². The van der Waals surface area contributed by atoms with E-state index < -0.39 is 9.84 Å². The molecule has 1 aliphatic heterocycles. The Morgan fingerprint density at radius 3 is 2.23 bits per heavy atom. The summed E-state index contributed by atoms with van der Waals surface area (Å²) in [7, 11) is -3.26. The molecular formula is C15H23ClN2O3S. The summed E-state index contributed by atoms with van der Waals surface area (Å²) in [6.45, 7) is 6.40. The minimum absolute atomic E-state index is 0.116. The SMILES string of the molecule is C[C@H](O)CN1CCN(CCS(=O)(=O)c2ccc(Cl)cc2)CC1. The minimum atomic E-state index is -3.26. The van der Waals surface area contributed by atoms with Crippen molar-refractivity contribution in [3.05, 3.63) is 29.3 Å². The molecule has 1 atom stereocenters. The van der Waals surface area contributed by atoms with E-state index in [-0.39, 0.29) is 11.9 Å². The summed E-state index contributed by atoms with van der Waals surface area (Å²) in [6.07, 6.45) is -0.322. The maximum Gasteiger partial charge on any atom is 0.179 e. The van der Waals surface area contributed by atoms with Gasteiger partial charge in [-0.3, -0.25) is 9.80 Å². The zero-order chi connectivity index (χ0) is 16.2. The lowest BCUT2D eigenvalue weighted by atomic mass is 10.3. The Labute approximate surface area is 137 Å². The fourth-order valence-electron chi connectivity index (χ4n) is 2.58. The quantitative estimate of drug-likeness (QED) is 0.836. The zero-order valence-electron chi connectivity index (χ0n) is 12.8. The average molecular weight is 347 g/mol. The third-order valence-electron chi connectivity index (χ3n) is 3.84. The van der Waals surface area contributed by atoms with Gasteiger partial charge in [-0.2, -0.15) is 0 Å². The van der Waals surface area contributed by atoms with Gasteiger partial charge in [0.15, 0.2) is 9.84 Å². The van der Waals surface area contributed by atoms with Crippen LogP contribution in [0.3, 0.4) is 0 Å². The number of nitrogens with zero attached hydrogens (tertiary/aromatic N) is 2. The molecule has 2 rings (SSSR count). The first-order valence-corrected chi connectivity index (χ1v) is 9.51. The Morgan fingerprint density at radius 2 is 1.68 bits per heavy atom. The van der Waals surface area contributed by atoms with E-state index in [2.05, 4.69) is 9.80 Å². The van der Waals surface area contributed by atoms with Crippen LogP contribution in [0.5, 0.6) is 0 Å². The number of β-amino-alcohol motifs (C(OH)–C–C–N with tert-alkyl or cyclic N) is 1. The van der Waals surface area contributed by atoms with Crippen LogP contribution in [0, 0.1) is 0 Å². The summed E-state index contributed by atoms with van der Waals surface area (Å²) in [6, 6.07) is 6.31. The molecule has 1 saturated heterocycles. The van der Waals surface area contributed by atoms with Crippen LogP contribution in [0.2, 0.25) is 5.02 Å². The van der Waals surface area contributed by atoms with Crippen LogP contribution in [-0.4, -0.2) is 74.4 Å². The summed E-state index contributed by atoms with van der Waals surface area (Å²) >= 11 is 5.78. The van der Waals surface area contributed by atoms with E-state index in [9.17, 15) is 13.5 Å². The molecule has 0 spiro atoms. The highest BCUT2D eigenvalue weighted by molar-refractivity contribution is 7.91. The van der Waals surface area contributed by atoms with Crippen LogP contribution in [-0.2, 0) is 9.84 Å². The number of hydrogen-bond acceptors (Lipinski definition) is 5. The number of hydrogen-bond donors (Lipinski definition) is 1. The molecular weight excluding hydrogens is 324 g/mol. The highest BCUT2D eigenvalue weighted by Gasteiger charge is 2.21.